The van der Waals surface area contributed by atoms with Gasteiger partial charge in [-0.3, -0.25) is 4.90 Å². The van der Waals surface area contributed by atoms with Gasteiger partial charge in [0.25, 0.3) is 0 Å². The molecule has 2 heterocycles. The van der Waals surface area contributed by atoms with Gasteiger partial charge in [-0.1, -0.05) is 40.6 Å². The summed E-state index contributed by atoms with van der Waals surface area (Å²) in [6.07, 6.45) is 1.30. The number of amides is 1. The molecule has 4 rings (SSSR count). The Morgan fingerprint density at radius 2 is 1.93 bits per heavy atom. The molecule has 3 aromatic rings. The zero-order valence-corrected chi connectivity index (χ0v) is 27.7. The minimum atomic E-state index is -0.907. The predicted molar refractivity (Wildman–Crippen MR) is 171 cm³/mol. The lowest BCUT2D eigenvalue weighted by Gasteiger charge is -2.35. The zero-order valence-electron chi connectivity index (χ0n) is 25.4. The third-order valence-corrected chi connectivity index (χ3v) is 8.35. The number of halogens is 3. The average molecular weight is 652 g/mol. The summed E-state index contributed by atoms with van der Waals surface area (Å²) in [5.74, 6) is -0.675. The molecule has 0 radical (unpaired) electrons. The summed E-state index contributed by atoms with van der Waals surface area (Å²) in [7, 11) is 0. The smallest absolute Gasteiger partial charge is 0.413 e. The van der Waals surface area contributed by atoms with E-state index in [1.807, 2.05) is 24.3 Å². The third-order valence-electron chi connectivity index (χ3n) is 6.73. The molecule has 232 valence electrons. The fourth-order valence-corrected chi connectivity index (χ4v) is 6.18. The number of aromatic nitrogens is 2. The number of carbonyl (C=O) groups excluding carboxylic acids is 1. The molecule has 0 N–H and O–H groups in total. The normalized spacial score (nSPS) is 16.4. The van der Waals surface area contributed by atoms with Crippen molar-refractivity contribution in [3.8, 4) is 26.9 Å². The molecule has 1 unspecified atom stereocenters. The molecule has 12 heteroatoms. The molecule has 1 atom stereocenters. The molecular weight excluding hydrogens is 614 g/mol. The number of ether oxygens (including phenoxy) is 3. The van der Waals surface area contributed by atoms with Crippen LogP contribution in [0.3, 0.4) is 0 Å². The van der Waals surface area contributed by atoms with Crippen molar-refractivity contribution in [3.05, 3.63) is 58.8 Å². The Bertz CT molecular complexity index is 1490. The van der Waals surface area contributed by atoms with E-state index in [1.54, 1.807) is 34.6 Å². The predicted octanol–water partition coefficient (Wildman–Crippen LogP) is 8.47. The Morgan fingerprint density at radius 1 is 1.23 bits per heavy atom. The number of nitrogens with zero attached hydrogens (tertiary/aromatic N) is 4. The highest BCUT2D eigenvalue weighted by molar-refractivity contribution is 7.18. The van der Waals surface area contributed by atoms with Crippen molar-refractivity contribution in [3.63, 3.8) is 0 Å². The first kappa shape index (κ1) is 33.0. The van der Waals surface area contributed by atoms with Gasteiger partial charge in [0.05, 0.1) is 28.4 Å². The van der Waals surface area contributed by atoms with Crippen LogP contribution < -0.4 is 9.64 Å². The molecule has 1 amide bonds. The van der Waals surface area contributed by atoms with E-state index in [4.69, 9.17) is 37.4 Å². The molecular formula is C31H37Cl2FN4O4S. The van der Waals surface area contributed by atoms with Crippen LogP contribution in [0.2, 0.25) is 10.0 Å². The minimum Gasteiger partial charge on any atom is -0.488 e. The fourth-order valence-electron chi connectivity index (χ4n) is 4.72. The van der Waals surface area contributed by atoms with Gasteiger partial charge >= 0.3 is 6.09 Å². The molecule has 1 saturated heterocycles. The second-order valence-corrected chi connectivity index (χ2v) is 13.7. The maximum Gasteiger partial charge on any atom is 0.413 e. The van der Waals surface area contributed by atoms with Crippen LogP contribution in [0.15, 0.2) is 43.0 Å². The van der Waals surface area contributed by atoms with Crippen molar-refractivity contribution >= 4 is 46.3 Å². The fraction of sp³-hybridized carbons (Fsp3) is 0.452. The maximum absolute atomic E-state index is 15.3. The molecule has 43 heavy (non-hydrogen) atoms. The topological polar surface area (TPSA) is 77.0 Å². The highest BCUT2D eigenvalue weighted by Gasteiger charge is 2.46. The van der Waals surface area contributed by atoms with E-state index in [1.165, 1.54) is 28.4 Å². The molecule has 1 aromatic heterocycles. The van der Waals surface area contributed by atoms with Crippen LogP contribution in [0.5, 0.6) is 5.75 Å². The zero-order chi connectivity index (χ0) is 31.7. The number of rotatable bonds is 9. The minimum absolute atomic E-state index is 0.0178. The van der Waals surface area contributed by atoms with Gasteiger partial charge < -0.3 is 19.1 Å². The molecule has 0 bridgehead atoms. The quantitative estimate of drug-likeness (QED) is 0.215. The SMILES string of the molecule is C=CCN(c1ccc(-c2nnc(-c3cc(F)c(OCC4COC(C)(C)N4C(=O)OC(C)(C)C)cc3Cl)s2)cc1Cl)C(C)C. The van der Waals surface area contributed by atoms with Crippen LogP contribution in [-0.2, 0) is 9.47 Å². The third kappa shape index (κ3) is 7.60. The number of hydrogen-bond donors (Lipinski definition) is 0. The Labute approximate surface area is 266 Å². The lowest BCUT2D eigenvalue weighted by atomic mass is 10.1. The Morgan fingerprint density at radius 3 is 2.56 bits per heavy atom. The van der Waals surface area contributed by atoms with Gasteiger partial charge in [0.1, 0.15) is 27.9 Å². The first-order valence-corrected chi connectivity index (χ1v) is 15.5. The van der Waals surface area contributed by atoms with Crippen LogP contribution in [-0.4, -0.2) is 64.4 Å². The van der Waals surface area contributed by atoms with Crippen molar-refractivity contribution < 1.29 is 23.4 Å². The number of anilines is 1. The van der Waals surface area contributed by atoms with E-state index in [-0.39, 0.29) is 30.0 Å². The van der Waals surface area contributed by atoms with Crippen molar-refractivity contribution in [2.75, 3.05) is 24.7 Å². The molecule has 0 spiro atoms. The van der Waals surface area contributed by atoms with Gasteiger partial charge in [0.2, 0.25) is 0 Å². The molecule has 1 aliphatic heterocycles. The Kier molecular flexibility index (Phi) is 9.95. The largest absolute Gasteiger partial charge is 0.488 e. The summed E-state index contributed by atoms with van der Waals surface area (Å²) in [4.78, 5) is 16.5. The van der Waals surface area contributed by atoms with Crippen LogP contribution in [0.1, 0.15) is 48.5 Å². The highest BCUT2D eigenvalue weighted by Crippen LogP contribution is 2.39. The van der Waals surface area contributed by atoms with Crippen molar-refractivity contribution in [2.45, 2.75) is 71.9 Å². The van der Waals surface area contributed by atoms with Gasteiger partial charge in [-0.25, -0.2) is 9.18 Å². The number of carbonyl (C=O) groups is 1. The van der Waals surface area contributed by atoms with Crippen LogP contribution in [0.4, 0.5) is 14.9 Å². The standard InChI is InChI=1S/C31H37Cl2FN4O4S/c1-9-12-37(18(2)3)25-11-10-19(13-23(25)33)27-35-36-28(43-27)21-14-24(34)26(15-22(21)32)40-16-20-17-41-31(7,8)38(20)29(39)42-30(4,5)6/h9-11,13-15,18,20H,1,12,16-17H2,2-8H3. The maximum atomic E-state index is 15.3. The first-order valence-electron chi connectivity index (χ1n) is 13.9. The Balaban J connectivity index is 1.50. The number of hydrogen-bond acceptors (Lipinski definition) is 8. The van der Waals surface area contributed by atoms with Gasteiger partial charge in [-0.15, -0.1) is 16.8 Å². The van der Waals surface area contributed by atoms with Gasteiger partial charge in [0.15, 0.2) is 11.6 Å². The van der Waals surface area contributed by atoms with E-state index in [2.05, 4.69) is 35.5 Å². The lowest BCUT2D eigenvalue weighted by Crippen LogP contribution is -2.51. The highest BCUT2D eigenvalue weighted by atomic mass is 35.5. The van der Waals surface area contributed by atoms with Crippen LogP contribution >= 0.6 is 34.5 Å². The molecule has 0 saturated carbocycles. The van der Waals surface area contributed by atoms with Crippen molar-refractivity contribution in [1.29, 1.82) is 0 Å². The monoisotopic (exact) mass is 650 g/mol. The van der Waals surface area contributed by atoms with E-state index < -0.39 is 29.3 Å². The van der Waals surface area contributed by atoms with Gasteiger partial charge in [-0.05, 0) is 72.7 Å². The van der Waals surface area contributed by atoms with E-state index in [9.17, 15) is 4.79 Å². The summed E-state index contributed by atoms with van der Waals surface area (Å²) in [5.41, 5.74) is 0.476. The summed E-state index contributed by atoms with van der Waals surface area (Å²) in [5, 5.41) is 10.4. The summed E-state index contributed by atoms with van der Waals surface area (Å²) < 4.78 is 32.4. The second kappa shape index (κ2) is 13.0. The van der Waals surface area contributed by atoms with Gasteiger partial charge in [0, 0.05) is 29.8 Å². The molecule has 1 fully saturated rings. The summed E-state index contributed by atoms with van der Waals surface area (Å²) in [6.45, 7) is 17.8. The summed E-state index contributed by atoms with van der Waals surface area (Å²) in [6, 6.07) is 8.13. The van der Waals surface area contributed by atoms with E-state index in [0.717, 1.165) is 11.3 Å². The first-order chi connectivity index (χ1) is 20.1. The summed E-state index contributed by atoms with van der Waals surface area (Å²) >= 11 is 14.5. The molecule has 0 aliphatic carbocycles. The lowest BCUT2D eigenvalue weighted by molar-refractivity contribution is -0.0637. The number of benzene rings is 2. The Hall–Kier alpha value is -2.92. The average Bonchev–Trinajstić information content (AvgIpc) is 3.50. The molecule has 2 aromatic carbocycles. The molecule has 8 nitrogen and oxygen atoms in total. The van der Waals surface area contributed by atoms with Crippen molar-refractivity contribution in [1.82, 2.24) is 15.1 Å². The molecule has 1 aliphatic rings. The van der Waals surface area contributed by atoms with Crippen molar-refractivity contribution in [2.24, 2.45) is 0 Å². The van der Waals surface area contributed by atoms with E-state index in [0.29, 0.717) is 27.1 Å². The second-order valence-electron chi connectivity index (χ2n) is 11.9. The van der Waals surface area contributed by atoms with E-state index >= 15 is 4.39 Å². The van der Waals surface area contributed by atoms with Crippen LogP contribution in [0.25, 0.3) is 21.1 Å². The van der Waals surface area contributed by atoms with Crippen LogP contribution in [0, 0.1) is 5.82 Å². The van der Waals surface area contributed by atoms with Gasteiger partial charge in [-0.2, -0.15) is 0 Å².